The smallest absolute Gasteiger partial charge is 0.199 e. The number of aromatic nitrogens is 2. The number of hydrogen-bond donors (Lipinski definition) is 1. The minimum atomic E-state index is 0.530. The van der Waals surface area contributed by atoms with Crippen molar-refractivity contribution < 1.29 is 9.42 Å². The average Bonchev–Trinajstić information content (AvgIpc) is 2.57. The molecule has 0 amide bonds. The summed E-state index contributed by atoms with van der Waals surface area (Å²) in [6.45, 7) is 7.08. The number of methoxy groups -OCH3 is 1. The molecule has 0 saturated carbocycles. The van der Waals surface area contributed by atoms with Crippen molar-refractivity contribution in [2.75, 3.05) is 13.7 Å². The molecule has 1 heterocycles. The van der Waals surface area contributed by atoms with Crippen molar-refractivity contribution in [3.8, 4) is 0 Å². The van der Waals surface area contributed by atoms with Crippen LogP contribution in [0.25, 0.3) is 0 Å². The van der Waals surface area contributed by atoms with E-state index in [4.69, 9.17) is 4.74 Å². The van der Waals surface area contributed by atoms with E-state index in [1.165, 1.54) is 5.56 Å². The van der Waals surface area contributed by atoms with Crippen LogP contribution < -0.4 is 10.00 Å². The molecule has 1 N–H and O–H groups in total. The maximum atomic E-state index is 5.05. The Bertz CT molecular complexity index is 307. The predicted octanol–water partition coefficient (Wildman–Crippen LogP) is 0.847. The molecule has 0 unspecified atom stereocenters. The fourth-order valence-corrected chi connectivity index (χ4v) is 1.64. The Labute approximate surface area is 98.2 Å². The second-order valence-corrected chi connectivity index (χ2v) is 4.45. The Morgan fingerprint density at radius 3 is 2.88 bits per heavy atom. The zero-order valence-corrected chi connectivity index (χ0v) is 10.9. The van der Waals surface area contributed by atoms with Gasteiger partial charge < -0.3 is 10.1 Å². The van der Waals surface area contributed by atoms with Crippen LogP contribution in [0.1, 0.15) is 25.8 Å². The van der Waals surface area contributed by atoms with Crippen molar-refractivity contribution in [3.63, 3.8) is 0 Å². The molecule has 1 aromatic heterocycles. The predicted molar refractivity (Wildman–Crippen MR) is 64.1 cm³/mol. The SMILES string of the molecule is COCCCn1cc(CNC(C)C)c[n+]1C. The van der Waals surface area contributed by atoms with Crippen molar-refractivity contribution in [2.24, 2.45) is 7.05 Å². The summed E-state index contributed by atoms with van der Waals surface area (Å²) in [4.78, 5) is 0. The summed E-state index contributed by atoms with van der Waals surface area (Å²) in [5.41, 5.74) is 1.33. The zero-order valence-electron chi connectivity index (χ0n) is 10.9. The Balaban J connectivity index is 2.46. The molecular formula is C12H24N3O+. The quantitative estimate of drug-likeness (QED) is 0.552. The molecule has 0 atom stereocenters. The Hall–Kier alpha value is -0.870. The van der Waals surface area contributed by atoms with Crippen LogP contribution >= 0.6 is 0 Å². The first-order valence-corrected chi connectivity index (χ1v) is 5.90. The van der Waals surface area contributed by atoms with Gasteiger partial charge in [-0.1, -0.05) is 13.8 Å². The van der Waals surface area contributed by atoms with Gasteiger partial charge in [0, 0.05) is 26.3 Å². The first-order chi connectivity index (χ1) is 7.63. The molecule has 16 heavy (non-hydrogen) atoms. The second kappa shape index (κ2) is 6.66. The van der Waals surface area contributed by atoms with Crippen LogP contribution in [0.15, 0.2) is 12.4 Å². The zero-order chi connectivity index (χ0) is 12.0. The van der Waals surface area contributed by atoms with Crippen LogP contribution in [0, 0.1) is 0 Å². The molecule has 0 saturated heterocycles. The van der Waals surface area contributed by atoms with Gasteiger partial charge in [0.15, 0.2) is 13.2 Å². The van der Waals surface area contributed by atoms with E-state index < -0.39 is 0 Å². The van der Waals surface area contributed by atoms with Gasteiger partial charge in [-0.2, -0.15) is 4.68 Å². The average molecular weight is 226 g/mol. The third-order valence-electron chi connectivity index (χ3n) is 2.52. The van der Waals surface area contributed by atoms with E-state index in [9.17, 15) is 0 Å². The van der Waals surface area contributed by atoms with E-state index in [1.807, 2.05) is 0 Å². The fourth-order valence-electron chi connectivity index (χ4n) is 1.64. The molecule has 0 radical (unpaired) electrons. The number of nitrogens with zero attached hydrogens (tertiary/aromatic N) is 2. The van der Waals surface area contributed by atoms with Crippen LogP contribution in [0.5, 0.6) is 0 Å². The summed E-state index contributed by atoms with van der Waals surface area (Å²) in [6, 6.07) is 0.530. The van der Waals surface area contributed by atoms with E-state index in [1.54, 1.807) is 7.11 Å². The Kier molecular flexibility index (Phi) is 5.49. The van der Waals surface area contributed by atoms with E-state index in [-0.39, 0.29) is 0 Å². The summed E-state index contributed by atoms with van der Waals surface area (Å²) in [7, 11) is 3.82. The minimum Gasteiger partial charge on any atom is -0.385 e. The van der Waals surface area contributed by atoms with Crippen molar-refractivity contribution in [1.82, 2.24) is 10.00 Å². The monoisotopic (exact) mass is 226 g/mol. The summed E-state index contributed by atoms with van der Waals surface area (Å²) in [5.74, 6) is 0. The summed E-state index contributed by atoms with van der Waals surface area (Å²) >= 11 is 0. The van der Waals surface area contributed by atoms with Gasteiger partial charge in [0.05, 0.1) is 18.3 Å². The maximum Gasteiger partial charge on any atom is 0.199 e. The van der Waals surface area contributed by atoms with Gasteiger partial charge >= 0.3 is 0 Å². The minimum absolute atomic E-state index is 0.530. The van der Waals surface area contributed by atoms with Gasteiger partial charge in [-0.25, -0.2) is 0 Å². The van der Waals surface area contributed by atoms with Gasteiger partial charge in [0.2, 0.25) is 0 Å². The summed E-state index contributed by atoms with van der Waals surface area (Å²) in [5, 5.41) is 3.42. The molecule has 0 fully saturated rings. The fraction of sp³-hybridized carbons (Fsp3) is 0.750. The first-order valence-electron chi connectivity index (χ1n) is 5.90. The Morgan fingerprint density at radius 1 is 1.50 bits per heavy atom. The number of ether oxygens (including phenoxy) is 1. The van der Waals surface area contributed by atoms with Gasteiger partial charge in [-0.05, 0) is 6.42 Å². The van der Waals surface area contributed by atoms with Crippen LogP contribution in [-0.4, -0.2) is 24.4 Å². The normalized spacial score (nSPS) is 11.3. The van der Waals surface area contributed by atoms with Crippen LogP contribution in [0.3, 0.4) is 0 Å². The Morgan fingerprint density at radius 2 is 2.25 bits per heavy atom. The summed E-state index contributed by atoms with van der Waals surface area (Å²) in [6.07, 6.45) is 5.42. The molecule has 1 rings (SSSR count). The van der Waals surface area contributed by atoms with E-state index in [0.717, 1.165) is 26.1 Å². The third-order valence-corrected chi connectivity index (χ3v) is 2.52. The highest BCUT2D eigenvalue weighted by Crippen LogP contribution is 1.97. The lowest BCUT2D eigenvalue weighted by atomic mass is 10.3. The highest BCUT2D eigenvalue weighted by molar-refractivity contribution is 4.99. The van der Waals surface area contributed by atoms with E-state index in [0.29, 0.717) is 6.04 Å². The highest BCUT2D eigenvalue weighted by atomic mass is 16.5. The molecule has 0 bridgehead atoms. The number of aryl methyl sites for hydroxylation is 2. The van der Waals surface area contributed by atoms with Gasteiger partial charge in [0.1, 0.15) is 0 Å². The lowest BCUT2D eigenvalue weighted by Crippen LogP contribution is -2.38. The molecule has 0 aromatic carbocycles. The largest absolute Gasteiger partial charge is 0.385 e. The number of nitrogens with one attached hydrogen (secondary N) is 1. The molecule has 4 heteroatoms. The molecular weight excluding hydrogens is 202 g/mol. The van der Waals surface area contributed by atoms with E-state index in [2.05, 4.69) is 48.0 Å². The second-order valence-electron chi connectivity index (χ2n) is 4.45. The molecule has 4 nitrogen and oxygen atoms in total. The van der Waals surface area contributed by atoms with Crippen LogP contribution in [-0.2, 0) is 24.9 Å². The molecule has 0 aliphatic rings. The van der Waals surface area contributed by atoms with Crippen LogP contribution in [0.2, 0.25) is 0 Å². The molecule has 0 spiro atoms. The van der Waals surface area contributed by atoms with Gasteiger partial charge in [-0.3, -0.25) is 0 Å². The topological polar surface area (TPSA) is 30.1 Å². The lowest BCUT2D eigenvalue weighted by molar-refractivity contribution is -0.753. The highest BCUT2D eigenvalue weighted by Gasteiger charge is 2.08. The first kappa shape index (κ1) is 13.2. The van der Waals surface area contributed by atoms with Gasteiger partial charge in [-0.15, -0.1) is 4.68 Å². The summed E-state index contributed by atoms with van der Waals surface area (Å²) < 4.78 is 9.40. The standard InChI is InChI=1S/C12H24N3O/c1-11(2)13-8-12-9-14(3)15(10-12)6-5-7-16-4/h9-11,13H,5-8H2,1-4H3/q+1. The number of rotatable bonds is 7. The lowest BCUT2D eigenvalue weighted by Gasteiger charge is -2.04. The van der Waals surface area contributed by atoms with E-state index >= 15 is 0 Å². The third kappa shape index (κ3) is 4.33. The molecule has 0 aliphatic heterocycles. The molecule has 1 aromatic rings. The van der Waals surface area contributed by atoms with Crippen LogP contribution in [0.4, 0.5) is 0 Å². The van der Waals surface area contributed by atoms with Crippen molar-refractivity contribution >= 4 is 0 Å². The van der Waals surface area contributed by atoms with Crippen molar-refractivity contribution in [3.05, 3.63) is 18.0 Å². The maximum absolute atomic E-state index is 5.05. The van der Waals surface area contributed by atoms with Crippen molar-refractivity contribution in [2.45, 2.75) is 39.4 Å². The molecule has 92 valence electrons. The number of hydrogen-bond acceptors (Lipinski definition) is 2. The van der Waals surface area contributed by atoms with Crippen molar-refractivity contribution in [1.29, 1.82) is 0 Å². The van der Waals surface area contributed by atoms with Gasteiger partial charge in [0.25, 0.3) is 0 Å². The molecule has 0 aliphatic carbocycles.